The third kappa shape index (κ3) is 3.64. The Morgan fingerprint density at radius 2 is 1.87 bits per heavy atom. The zero-order chi connectivity index (χ0) is 21.6. The van der Waals surface area contributed by atoms with Crippen molar-refractivity contribution in [1.82, 2.24) is 20.3 Å². The highest BCUT2D eigenvalue weighted by atomic mass is 16.5. The van der Waals surface area contributed by atoms with Crippen LogP contribution in [0.5, 0.6) is 0 Å². The molecule has 1 aliphatic carbocycles. The zero-order valence-corrected chi connectivity index (χ0v) is 17.8. The summed E-state index contributed by atoms with van der Waals surface area (Å²) in [7, 11) is 1.93. The van der Waals surface area contributed by atoms with Crippen molar-refractivity contribution in [1.29, 1.82) is 0 Å². The lowest BCUT2D eigenvalue weighted by Crippen LogP contribution is -2.61. The average Bonchev–Trinajstić information content (AvgIpc) is 3.55. The smallest absolute Gasteiger partial charge is 0.248 e. The summed E-state index contributed by atoms with van der Waals surface area (Å²) < 4.78 is 0. The summed E-state index contributed by atoms with van der Waals surface area (Å²) in [4.78, 5) is 36.5. The molecule has 2 amide bonds. The fraction of sp³-hybridized carbons (Fsp3) is 0.522. The monoisotopic (exact) mass is 423 g/mol. The van der Waals surface area contributed by atoms with Crippen LogP contribution in [0.4, 0.5) is 5.69 Å². The number of piperidine rings is 1. The molecule has 0 radical (unpaired) electrons. The third-order valence-corrected chi connectivity index (χ3v) is 7.31. The fourth-order valence-electron chi connectivity index (χ4n) is 5.51. The molecular formula is C23H29N5O3. The van der Waals surface area contributed by atoms with Gasteiger partial charge < -0.3 is 9.80 Å². The second-order valence-electron chi connectivity index (χ2n) is 9.31. The first-order valence-corrected chi connectivity index (χ1v) is 11.0. The van der Waals surface area contributed by atoms with Crippen molar-refractivity contribution in [3.05, 3.63) is 36.5 Å². The van der Waals surface area contributed by atoms with E-state index in [1.54, 1.807) is 5.48 Å². The Hall–Kier alpha value is -2.71. The molecule has 0 bridgehead atoms. The number of hydrogen-bond donors (Lipinski definition) is 2. The predicted octanol–water partition coefficient (Wildman–Crippen LogP) is 1.49. The van der Waals surface area contributed by atoms with Gasteiger partial charge in [0.2, 0.25) is 11.8 Å². The van der Waals surface area contributed by atoms with Gasteiger partial charge >= 0.3 is 0 Å². The van der Waals surface area contributed by atoms with E-state index >= 15 is 0 Å². The minimum Gasteiger partial charge on any atom is -0.367 e. The van der Waals surface area contributed by atoms with Crippen LogP contribution in [-0.4, -0.2) is 77.6 Å². The molecule has 1 spiro atoms. The molecule has 2 unspecified atom stereocenters. The standard InChI is InChI=1S/C23H29N5O3/c1-26-15-23(7-8-23)14-17(21(29)25-31)20(26)22(30)28-12-10-27(11-13-28)19-6-9-24-18-5-3-2-4-16(18)19/h2-6,9,17,20,31H,7-8,10-15H2,1H3,(H,25,29). The van der Waals surface area contributed by atoms with Crippen molar-refractivity contribution >= 4 is 28.4 Å². The molecule has 2 aromatic rings. The lowest BCUT2D eigenvalue weighted by molar-refractivity contribution is -0.150. The summed E-state index contributed by atoms with van der Waals surface area (Å²) in [5.41, 5.74) is 4.05. The first kappa shape index (κ1) is 20.2. The molecule has 3 aliphatic rings. The number of carbonyl (C=O) groups excluding carboxylic acids is 2. The SMILES string of the molecule is CN1CC2(CC2)CC(C(=O)NO)C1C(=O)N1CCN(c2ccnc3ccccc23)CC1. The molecule has 8 heteroatoms. The van der Waals surface area contributed by atoms with Crippen LogP contribution >= 0.6 is 0 Å². The maximum atomic E-state index is 13.5. The van der Waals surface area contributed by atoms with E-state index in [9.17, 15) is 14.8 Å². The lowest BCUT2D eigenvalue weighted by Gasteiger charge is -2.45. The number of rotatable bonds is 3. The van der Waals surface area contributed by atoms with Gasteiger partial charge in [0.05, 0.1) is 11.4 Å². The number of anilines is 1. The number of hydrogen-bond acceptors (Lipinski definition) is 6. The summed E-state index contributed by atoms with van der Waals surface area (Å²) in [6.45, 7) is 3.52. The average molecular weight is 424 g/mol. The number of amides is 2. The van der Waals surface area contributed by atoms with E-state index < -0.39 is 17.9 Å². The van der Waals surface area contributed by atoms with E-state index in [0.29, 0.717) is 19.5 Å². The molecule has 1 aromatic heterocycles. The quantitative estimate of drug-likeness (QED) is 0.574. The summed E-state index contributed by atoms with van der Waals surface area (Å²) in [6, 6.07) is 9.61. The minimum absolute atomic E-state index is 0.00848. The number of piperazine rings is 1. The number of likely N-dealkylation sites (N-methyl/N-ethyl adjacent to an activating group) is 1. The van der Waals surface area contributed by atoms with Gasteiger partial charge in [0, 0.05) is 50.0 Å². The van der Waals surface area contributed by atoms with Gasteiger partial charge in [-0.2, -0.15) is 0 Å². The second kappa shape index (κ2) is 7.76. The van der Waals surface area contributed by atoms with Crippen LogP contribution in [-0.2, 0) is 9.59 Å². The van der Waals surface area contributed by atoms with E-state index in [2.05, 4.69) is 16.0 Å². The lowest BCUT2D eigenvalue weighted by atomic mass is 9.80. The maximum absolute atomic E-state index is 13.5. The molecule has 2 N–H and O–H groups in total. The first-order chi connectivity index (χ1) is 15.0. The van der Waals surface area contributed by atoms with Crippen LogP contribution in [0.3, 0.4) is 0 Å². The molecule has 8 nitrogen and oxygen atoms in total. The van der Waals surface area contributed by atoms with Gasteiger partial charge in [-0.05, 0) is 43.9 Å². The highest BCUT2D eigenvalue weighted by Gasteiger charge is 2.55. The summed E-state index contributed by atoms with van der Waals surface area (Å²) in [5.74, 6) is -0.968. The molecule has 164 valence electrons. The number of fused-ring (bicyclic) bond motifs is 1. The zero-order valence-electron chi connectivity index (χ0n) is 17.8. The van der Waals surface area contributed by atoms with Gasteiger partial charge in [-0.3, -0.25) is 24.7 Å². The van der Waals surface area contributed by atoms with E-state index in [1.807, 2.05) is 47.3 Å². The van der Waals surface area contributed by atoms with Gasteiger partial charge in [-0.1, -0.05) is 18.2 Å². The highest BCUT2D eigenvalue weighted by Crippen LogP contribution is 2.54. The number of likely N-dealkylation sites (tertiary alicyclic amines) is 1. The summed E-state index contributed by atoms with van der Waals surface area (Å²) >= 11 is 0. The number of aromatic nitrogens is 1. The van der Waals surface area contributed by atoms with Crippen molar-refractivity contribution in [2.45, 2.75) is 25.3 Å². The number of pyridine rings is 1. The Kier molecular flexibility index (Phi) is 5.06. The number of hydroxylamine groups is 1. The van der Waals surface area contributed by atoms with E-state index in [-0.39, 0.29) is 11.3 Å². The molecular weight excluding hydrogens is 394 g/mol. The molecule has 2 saturated heterocycles. The van der Waals surface area contributed by atoms with Gasteiger partial charge in [-0.15, -0.1) is 0 Å². The van der Waals surface area contributed by atoms with Crippen molar-refractivity contribution in [2.24, 2.45) is 11.3 Å². The molecule has 3 fully saturated rings. The number of para-hydroxylation sites is 1. The largest absolute Gasteiger partial charge is 0.367 e. The fourth-order valence-corrected chi connectivity index (χ4v) is 5.51. The second-order valence-corrected chi connectivity index (χ2v) is 9.31. The Labute approximate surface area is 181 Å². The van der Waals surface area contributed by atoms with Gasteiger partial charge in [-0.25, -0.2) is 5.48 Å². The van der Waals surface area contributed by atoms with E-state index in [1.165, 1.54) is 0 Å². The van der Waals surface area contributed by atoms with Gasteiger partial charge in [0.1, 0.15) is 6.04 Å². The first-order valence-electron chi connectivity index (χ1n) is 11.0. The molecule has 3 heterocycles. The van der Waals surface area contributed by atoms with Crippen molar-refractivity contribution in [3.8, 4) is 0 Å². The minimum atomic E-state index is -0.522. The number of nitrogens with zero attached hydrogens (tertiary/aromatic N) is 4. The highest BCUT2D eigenvalue weighted by molar-refractivity contribution is 5.92. The van der Waals surface area contributed by atoms with E-state index in [4.69, 9.17) is 0 Å². The van der Waals surface area contributed by atoms with Crippen LogP contribution in [0.25, 0.3) is 10.9 Å². The number of nitrogens with one attached hydrogen (secondary N) is 1. The molecule has 1 saturated carbocycles. The number of benzene rings is 1. The van der Waals surface area contributed by atoms with Crippen LogP contribution in [0.1, 0.15) is 19.3 Å². The van der Waals surface area contributed by atoms with Crippen molar-refractivity contribution in [3.63, 3.8) is 0 Å². The normalized spacial score (nSPS) is 25.6. The molecule has 31 heavy (non-hydrogen) atoms. The topological polar surface area (TPSA) is 89.0 Å². The van der Waals surface area contributed by atoms with E-state index in [0.717, 1.165) is 49.1 Å². The predicted molar refractivity (Wildman–Crippen MR) is 117 cm³/mol. The van der Waals surface area contributed by atoms with Gasteiger partial charge in [0.15, 0.2) is 0 Å². The molecule has 2 atom stereocenters. The van der Waals surface area contributed by atoms with Crippen molar-refractivity contribution < 1.29 is 14.8 Å². The summed E-state index contributed by atoms with van der Waals surface area (Å²) in [5, 5.41) is 10.4. The molecule has 2 aliphatic heterocycles. The van der Waals surface area contributed by atoms with Crippen molar-refractivity contribution in [2.75, 3.05) is 44.7 Å². The van der Waals surface area contributed by atoms with Crippen LogP contribution in [0.15, 0.2) is 36.5 Å². The van der Waals surface area contributed by atoms with Crippen LogP contribution < -0.4 is 10.4 Å². The Balaban J connectivity index is 1.30. The van der Waals surface area contributed by atoms with Gasteiger partial charge in [0.25, 0.3) is 0 Å². The Morgan fingerprint density at radius 3 is 2.58 bits per heavy atom. The van der Waals surface area contributed by atoms with Crippen LogP contribution in [0, 0.1) is 11.3 Å². The summed E-state index contributed by atoms with van der Waals surface area (Å²) in [6.07, 6.45) is 4.68. The Morgan fingerprint density at radius 1 is 1.13 bits per heavy atom. The van der Waals surface area contributed by atoms with Crippen LogP contribution in [0.2, 0.25) is 0 Å². The molecule has 5 rings (SSSR count). The maximum Gasteiger partial charge on any atom is 0.248 e. The number of carbonyl (C=O) groups is 2. The third-order valence-electron chi connectivity index (χ3n) is 7.31. The molecule has 1 aromatic carbocycles. The Bertz CT molecular complexity index is 994.